The SMILES string of the molecule is Cc1cc(Nc2ncc(Cl)c(Nc3cn(C)nc3S(=O)(=O)C(C)C)n2)c(OC2CC2)cc1C1CCCN(C(C)(C)CO)C1. The second kappa shape index (κ2) is 12.2. The Morgan fingerprint density at radius 3 is 2.60 bits per heavy atom. The van der Waals surface area contributed by atoms with Crippen molar-refractivity contribution in [3.8, 4) is 5.75 Å². The van der Waals surface area contributed by atoms with E-state index in [0.717, 1.165) is 55.8 Å². The Hall–Kier alpha value is -2.93. The highest BCUT2D eigenvalue weighted by Crippen LogP contribution is 2.40. The summed E-state index contributed by atoms with van der Waals surface area (Å²) in [7, 11) is -1.99. The number of halogens is 1. The van der Waals surface area contributed by atoms with Crippen molar-refractivity contribution in [2.75, 3.05) is 30.3 Å². The molecule has 1 saturated heterocycles. The average molecular weight is 632 g/mol. The lowest BCUT2D eigenvalue weighted by Gasteiger charge is -2.43. The largest absolute Gasteiger partial charge is 0.488 e. The molecule has 0 spiro atoms. The molecule has 0 bridgehead atoms. The first kappa shape index (κ1) is 31.5. The summed E-state index contributed by atoms with van der Waals surface area (Å²) in [6.45, 7) is 11.5. The maximum absolute atomic E-state index is 12.9. The highest BCUT2D eigenvalue weighted by atomic mass is 35.5. The maximum atomic E-state index is 12.9. The van der Waals surface area contributed by atoms with Crippen LogP contribution in [0.1, 0.15) is 70.4 Å². The topological polar surface area (TPSA) is 134 Å². The van der Waals surface area contributed by atoms with Crippen LogP contribution in [0.4, 0.5) is 23.1 Å². The van der Waals surface area contributed by atoms with Gasteiger partial charge in [0.05, 0.1) is 35.5 Å². The molecule has 2 aliphatic rings. The number of aliphatic hydroxyl groups is 1. The normalized spacial score (nSPS) is 18.2. The van der Waals surface area contributed by atoms with E-state index in [9.17, 15) is 13.5 Å². The maximum Gasteiger partial charge on any atom is 0.229 e. The number of aryl methyl sites for hydroxylation is 2. The molecule has 3 heterocycles. The predicted molar refractivity (Wildman–Crippen MR) is 169 cm³/mol. The molecule has 1 aliphatic carbocycles. The summed E-state index contributed by atoms with van der Waals surface area (Å²) in [6, 6.07) is 4.21. The Bertz CT molecular complexity index is 1590. The summed E-state index contributed by atoms with van der Waals surface area (Å²) in [6.07, 6.45) is 7.41. The molecule has 234 valence electrons. The zero-order valence-corrected chi connectivity index (χ0v) is 27.3. The Balaban J connectivity index is 1.43. The predicted octanol–water partition coefficient (Wildman–Crippen LogP) is 5.33. The van der Waals surface area contributed by atoms with Crippen molar-refractivity contribution < 1.29 is 18.3 Å². The van der Waals surface area contributed by atoms with Crippen molar-refractivity contribution in [1.82, 2.24) is 24.6 Å². The molecule has 1 aromatic carbocycles. The minimum atomic E-state index is -3.65. The fourth-order valence-corrected chi connectivity index (χ4v) is 6.57. The van der Waals surface area contributed by atoms with E-state index in [-0.39, 0.29) is 45.8 Å². The lowest BCUT2D eigenvalue weighted by atomic mass is 9.85. The molecule has 43 heavy (non-hydrogen) atoms. The number of hydrogen-bond acceptors (Lipinski definition) is 10. The van der Waals surface area contributed by atoms with Crippen LogP contribution in [0.5, 0.6) is 5.75 Å². The summed E-state index contributed by atoms with van der Waals surface area (Å²) >= 11 is 6.44. The van der Waals surface area contributed by atoms with E-state index >= 15 is 0 Å². The van der Waals surface area contributed by atoms with Crippen LogP contribution in [0, 0.1) is 6.92 Å². The third-order valence-electron chi connectivity index (χ3n) is 8.22. The molecule has 1 saturated carbocycles. The number of rotatable bonds is 11. The molecule has 5 rings (SSSR count). The molecule has 2 aromatic heterocycles. The standard InChI is InChI=1S/C30H42ClN7O4S/c1-18(2)43(40,41)28-25(16-37(6)36-28)33-27-23(31)14-32-29(35-27)34-24-12-19(3)22(13-26(24)42-21-9-10-21)20-8-7-11-38(15-20)30(4,5)17-39/h12-14,16,18,20-21,39H,7-11,15,17H2,1-6H3,(H2,32,33,34,35). The van der Waals surface area contributed by atoms with Gasteiger partial charge in [0, 0.05) is 25.3 Å². The first-order chi connectivity index (χ1) is 20.3. The summed E-state index contributed by atoms with van der Waals surface area (Å²) < 4.78 is 33.6. The van der Waals surface area contributed by atoms with Gasteiger partial charge in [0.15, 0.2) is 5.82 Å². The van der Waals surface area contributed by atoms with E-state index in [4.69, 9.17) is 16.3 Å². The Morgan fingerprint density at radius 1 is 1.19 bits per heavy atom. The Morgan fingerprint density at radius 2 is 1.93 bits per heavy atom. The highest BCUT2D eigenvalue weighted by molar-refractivity contribution is 7.92. The molecule has 13 heteroatoms. The van der Waals surface area contributed by atoms with E-state index in [1.54, 1.807) is 27.1 Å². The van der Waals surface area contributed by atoms with E-state index in [0.29, 0.717) is 5.92 Å². The van der Waals surface area contributed by atoms with E-state index in [2.05, 4.69) is 63.5 Å². The zero-order chi connectivity index (χ0) is 31.1. The first-order valence-corrected chi connectivity index (χ1v) is 16.7. The molecule has 1 unspecified atom stereocenters. The Labute approximate surface area is 258 Å². The van der Waals surface area contributed by atoms with Crippen LogP contribution < -0.4 is 15.4 Å². The van der Waals surface area contributed by atoms with E-state index in [1.807, 2.05) is 0 Å². The van der Waals surface area contributed by atoms with E-state index in [1.165, 1.54) is 16.4 Å². The number of aromatic nitrogens is 4. The van der Waals surface area contributed by atoms with Gasteiger partial charge in [-0.2, -0.15) is 10.1 Å². The molecule has 0 radical (unpaired) electrons. The van der Waals surface area contributed by atoms with Crippen LogP contribution in [0.15, 0.2) is 29.6 Å². The highest BCUT2D eigenvalue weighted by Gasteiger charge is 2.33. The summed E-state index contributed by atoms with van der Waals surface area (Å²) in [5.41, 5.74) is 3.13. The molecule has 3 N–H and O–H groups in total. The number of anilines is 4. The van der Waals surface area contributed by atoms with Crippen molar-refractivity contribution >= 4 is 44.6 Å². The number of piperidine rings is 1. The third kappa shape index (κ3) is 6.92. The van der Waals surface area contributed by atoms with Gasteiger partial charge in [-0.3, -0.25) is 9.58 Å². The smallest absolute Gasteiger partial charge is 0.229 e. The summed E-state index contributed by atoms with van der Waals surface area (Å²) in [5, 5.41) is 20.0. The minimum Gasteiger partial charge on any atom is -0.488 e. The number of sulfone groups is 1. The number of nitrogens with one attached hydrogen (secondary N) is 2. The molecule has 11 nitrogen and oxygen atoms in total. The van der Waals surface area contributed by atoms with Gasteiger partial charge in [0.2, 0.25) is 20.8 Å². The number of aliphatic hydroxyl groups excluding tert-OH is 1. The van der Waals surface area contributed by atoms with Gasteiger partial charge in [-0.25, -0.2) is 13.4 Å². The fraction of sp³-hybridized carbons (Fsp3) is 0.567. The van der Waals surface area contributed by atoms with Gasteiger partial charge >= 0.3 is 0 Å². The summed E-state index contributed by atoms with van der Waals surface area (Å²) in [4.78, 5) is 11.3. The molecule has 2 fully saturated rings. The quantitative estimate of drug-likeness (QED) is 0.255. The van der Waals surface area contributed by atoms with Crippen LogP contribution in [-0.4, -0.2) is 74.8 Å². The van der Waals surface area contributed by atoms with E-state index < -0.39 is 15.1 Å². The van der Waals surface area contributed by atoms with Gasteiger partial charge < -0.3 is 20.5 Å². The van der Waals surface area contributed by atoms with Crippen molar-refractivity contribution in [3.05, 3.63) is 40.7 Å². The Kier molecular flexibility index (Phi) is 8.95. The fourth-order valence-electron chi connectivity index (χ4n) is 5.34. The number of likely N-dealkylation sites (tertiary alicyclic amines) is 1. The molecular formula is C30H42ClN7O4S. The molecule has 3 aromatic rings. The van der Waals surface area contributed by atoms with Gasteiger partial charge in [-0.1, -0.05) is 11.6 Å². The van der Waals surface area contributed by atoms with Crippen molar-refractivity contribution in [2.45, 2.75) is 88.1 Å². The second-order valence-electron chi connectivity index (χ2n) is 12.5. The third-order valence-corrected chi connectivity index (χ3v) is 10.6. The van der Waals surface area contributed by atoms with Crippen molar-refractivity contribution in [1.29, 1.82) is 0 Å². The average Bonchev–Trinajstić information content (AvgIpc) is 3.70. The monoisotopic (exact) mass is 631 g/mol. The van der Waals surface area contributed by atoms with Crippen LogP contribution in [-0.2, 0) is 16.9 Å². The lowest BCUT2D eigenvalue weighted by molar-refractivity contribution is 0.0355. The minimum absolute atomic E-state index is 0.0656. The first-order valence-electron chi connectivity index (χ1n) is 14.8. The number of benzene rings is 1. The number of nitrogens with zero attached hydrogens (tertiary/aromatic N) is 5. The molecule has 1 atom stereocenters. The van der Waals surface area contributed by atoms with Gasteiger partial charge in [-0.15, -0.1) is 0 Å². The second-order valence-corrected chi connectivity index (χ2v) is 15.4. The number of hydrogen-bond donors (Lipinski definition) is 3. The number of ether oxygens (including phenoxy) is 1. The van der Waals surface area contributed by atoms with Gasteiger partial charge in [0.25, 0.3) is 0 Å². The molecule has 1 aliphatic heterocycles. The van der Waals surface area contributed by atoms with Gasteiger partial charge in [0.1, 0.15) is 10.8 Å². The lowest BCUT2D eigenvalue weighted by Crippen LogP contribution is -2.50. The zero-order valence-electron chi connectivity index (χ0n) is 25.7. The molecular weight excluding hydrogens is 590 g/mol. The van der Waals surface area contributed by atoms with Crippen LogP contribution in [0.3, 0.4) is 0 Å². The van der Waals surface area contributed by atoms with Crippen LogP contribution in [0.2, 0.25) is 5.02 Å². The van der Waals surface area contributed by atoms with Crippen LogP contribution in [0.25, 0.3) is 0 Å². The van der Waals surface area contributed by atoms with Crippen molar-refractivity contribution in [2.24, 2.45) is 7.05 Å². The van der Waals surface area contributed by atoms with Gasteiger partial charge in [-0.05, 0) is 96.0 Å². The summed E-state index contributed by atoms with van der Waals surface area (Å²) in [5.74, 6) is 1.60. The van der Waals surface area contributed by atoms with Crippen molar-refractivity contribution in [3.63, 3.8) is 0 Å². The van der Waals surface area contributed by atoms with Crippen LogP contribution >= 0.6 is 11.6 Å². The molecule has 0 amide bonds.